The first-order valence-electron chi connectivity index (χ1n) is 7.82. The SMILES string of the molecule is CCC[C@@H](C(=O)N1CCOC2(CCCCC2)C1)S(N)(=O)=O. The molecule has 0 aromatic heterocycles. The van der Waals surface area contributed by atoms with Crippen LogP contribution in [0.4, 0.5) is 0 Å². The molecule has 1 aliphatic carbocycles. The quantitative estimate of drug-likeness (QED) is 0.837. The van der Waals surface area contributed by atoms with E-state index in [4.69, 9.17) is 9.88 Å². The molecule has 6 nitrogen and oxygen atoms in total. The Morgan fingerprint density at radius 1 is 1.33 bits per heavy atom. The number of carbonyl (C=O) groups is 1. The third kappa shape index (κ3) is 3.96. The lowest BCUT2D eigenvalue weighted by molar-refractivity contribution is -0.156. The lowest BCUT2D eigenvalue weighted by atomic mass is 9.83. The fraction of sp³-hybridized carbons (Fsp3) is 0.929. The van der Waals surface area contributed by atoms with Crippen molar-refractivity contribution < 1.29 is 17.9 Å². The van der Waals surface area contributed by atoms with Crippen LogP contribution in [0.2, 0.25) is 0 Å². The Kier molecular flexibility index (Phi) is 5.27. The van der Waals surface area contributed by atoms with Gasteiger partial charge in [-0.15, -0.1) is 0 Å². The zero-order valence-corrected chi connectivity index (χ0v) is 13.5. The van der Waals surface area contributed by atoms with Crippen LogP contribution in [-0.4, -0.2) is 49.8 Å². The average Bonchev–Trinajstić information content (AvgIpc) is 2.44. The van der Waals surface area contributed by atoms with Crippen LogP contribution < -0.4 is 5.14 Å². The van der Waals surface area contributed by atoms with Gasteiger partial charge in [-0.3, -0.25) is 4.79 Å². The monoisotopic (exact) mass is 318 g/mol. The number of primary sulfonamides is 1. The van der Waals surface area contributed by atoms with Crippen molar-refractivity contribution in [2.24, 2.45) is 5.14 Å². The lowest BCUT2D eigenvalue weighted by Gasteiger charge is -2.45. The molecule has 2 aliphatic rings. The van der Waals surface area contributed by atoms with E-state index in [1.54, 1.807) is 4.90 Å². The molecule has 0 bridgehead atoms. The van der Waals surface area contributed by atoms with E-state index in [1.807, 2.05) is 6.92 Å². The molecular weight excluding hydrogens is 292 g/mol. The Bertz CT molecular complexity index is 466. The van der Waals surface area contributed by atoms with Crippen molar-refractivity contribution in [2.45, 2.75) is 62.7 Å². The van der Waals surface area contributed by atoms with Crippen molar-refractivity contribution in [1.82, 2.24) is 4.90 Å². The Morgan fingerprint density at radius 2 is 2.00 bits per heavy atom. The third-order valence-corrected chi connectivity index (χ3v) is 5.78. The van der Waals surface area contributed by atoms with Gasteiger partial charge in [0, 0.05) is 13.1 Å². The van der Waals surface area contributed by atoms with Crippen molar-refractivity contribution in [2.75, 3.05) is 19.7 Å². The lowest BCUT2D eigenvalue weighted by Crippen LogP contribution is -2.57. The summed E-state index contributed by atoms with van der Waals surface area (Å²) in [5.74, 6) is -0.354. The van der Waals surface area contributed by atoms with Gasteiger partial charge in [-0.1, -0.05) is 32.6 Å². The van der Waals surface area contributed by atoms with Gasteiger partial charge in [0.1, 0.15) is 0 Å². The fourth-order valence-corrected chi connectivity index (χ4v) is 4.42. The highest BCUT2D eigenvalue weighted by atomic mass is 32.2. The number of rotatable bonds is 4. The molecule has 21 heavy (non-hydrogen) atoms. The maximum atomic E-state index is 12.6. The molecule has 1 heterocycles. The molecule has 0 aromatic rings. The predicted octanol–water partition coefficient (Wildman–Crippen LogP) is 1.01. The zero-order chi connectivity index (χ0) is 15.5. The summed E-state index contributed by atoms with van der Waals surface area (Å²) >= 11 is 0. The zero-order valence-electron chi connectivity index (χ0n) is 12.7. The molecule has 1 amide bonds. The number of amides is 1. The number of hydrogen-bond donors (Lipinski definition) is 1. The number of carbonyl (C=O) groups excluding carboxylic acids is 1. The molecular formula is C14H26N2O4S. The number of nitrogens with zero attached hydrogens (tertiary/aromatic N) is 1. The summed E-state index contributed by atoms with van der Waals surface area (Å²) in [5.41, 5.74) is -0.263. The first kappa shape index (κ1) is 16.7. The highest BCUT2D eigenvalue weighted by Crippen LogP contribution is 2.34. The van der Waals surface area contributed by atoms with Gasteiger partial charge in [-0.25, -0.2) is 13.6 Å². The fourth-order valence-electron chi connectivity index (χ4n) is 3.43. The van der Waals surface area contributed by atoms with Crippen LogP contribution in [-0.2, 0) is 19.6 Å². The third-order valence-electron chi connectivity index (χ3n) is 4.55. The second-order valence-corrected chi connectivity index (χ2v) is 7.97. The van der Waals surface area contributed by atoms with Crippen molar-refractivity contribution in [3.63, 3.8) is 0 Å². The largest absolute Gasteiger partial charge is 0.371 e. The van der Waals surface area contributed by atoms with Gasteiger partial charge < -0.3 is 9.64 Å². The first-order valence-corrected chi connectivity index (χ1v) is 9.43. The summed E-state index contributed by atoms with van der Waals surface area (Å²) in [5, 5.41) is 4.13. The van der Waals surface area contributed by atoms with E-state index in [9.17, 15) is 13.2 Å². The highest BCUT2D eigenvalue weighted by molar-refractivity contribution is 7.90. The smallest absolute Gasteiger partial charge is 0.242 e. The molecule has 2 fully saturated rings. The van der Waals surface area contributed by atoms with E-state index in [0.29, 0.717) is 26.1 Å². The van der Waals surface area contributed by atoms with Gasteiger partial charge in [-0.05, 0) is 19.3 Å². The van der Waals surface area contributed by atoms with Crippen LogP contribution in [0.3, 0.4) is 0 Å². The van der Waals surface area contributed by atoms with E-state index < -0.39 is 15.3 Å². The topological polar surface area (TPSA) is 89.7 Å². The molecule has 1 saturated heterocycles. The Morgan fingerprint density at radius 3 is 2.57 bits per heavy atom. The van der Waals surface area contributed by atoms with E-state index in [-0.39, 0.29) is 17.9 Å². The average molecular weight is 318 g/mol. The molecule has 1 spiro atoms. The number of ether oxygens (including phenoxy) is 1. The normalized spacial score (nSPS) is 24.0. The molecule has 2 N–H and O–H groups in total. The summed E-state index contributed by atoms with van der Waals surface area (Å²) in [6.45, 7) is 3.29. The van der Waals surface area contributed by atoms with Crippen LogP contribution >= 0.6 is 0 Å². The van der Waals surface area contributed by atoms with Crippen LogP contribution in [0.15, 0.2) is 0 Å². The number of hydrogen-bond acceptors (Lipinski definition) is 4. The van der Waals surface area contributed by atoms with Crippen LogP contribution in [0, 0.1) is 0 Å². The molecule has 1 saturated carbocycles. The summed E-state index contributed by atoms with van der Waals surface area (Å²) in [4.78, 5) is 14.2. The van der Waals surface area contributed by atoms with Crippen molar-refractivity contribution in [1.29, 1.82) is 0 Å². The minimum atomic E-state index is -3.85. The Hall–Kier alpha value is -0.660. The highest BCUT2D eigenvalue weighted by Gasteiger charge is 2.42. The van der Waals surface area contributed by atoms with E-state index in [1.165, 1.54) is 6.42 Å². The maximum absolute atomic E-state index is 12.6. The van der Waals surface area contributed by atoms with E-state index in [2.05, 4.69) is 0 Å². The Balaban J connectivity index is 2.10. The van der Waals surface area contributed by atoms with Gasteiger partial charge >= 0.3 is 0 Å². The minimum absolute atomic E-state index is 0.263. The summed E-state index contributed by atoms with van der Waals surface area (Å²) in [6.07, 6.45) is 6.21. The number of nitrogens with two attached hydrogens (primary N) is 1. The number of sulfonamides is 1. The summed E-state index contributed by atoms with van der Waals surface area (Å²) in [7, 11) is -3.85. The molecule has 122 valence electrons. The van der Waals surface area contributed by atoms with E-state index in [0.717, 1.165) is 25.7 Å². The summed E-state index contributed by atoms with van der Waals surface area (Å²) in [6, 6.07) is 0. The Labute approximate surface area is 127 Å². The molecule has 2 rings (SSSR count). The van der Waals surface area contributed by atoms with Gasteiger partial charge in [0.15, 0.2) is 5.25 Å². The van der Waals surface area contributed by atoms with Crippen LogP contribution in [0.5, 0.6) is 0 Å². The van der Waals surface area contributed by atoms with Gasteiger partial charge in [0.25, 0.3) is 0 Å². The molecule has 7 heteroatoms. The second-order valence-electron chi connectivity index (χ2n) is 6.22. The van der Waals surface area contributed by atoms with Crippen molar-refractivity contribution in [3.8, 4) is 0 Å². The van der Waals surface area contributed by atoms with Crippen LogP contribution in [0.25, 0.3) is 0 Å². The van der Waals surface area contributed by atoms with Crippen molar-refractivity contribution in [3.05, 3.63) is 0 Å². The second kappa shape index (κ2) is 6.62. The molecule has 1 aliphatic heterocycles. The molecule has 0 radical (unpaired) electrons. The summed E-state index contributed by atoms with van der Waals surface area (Å²) < 4.78 is 29.3. The van der Waals surface area contributed by atoms with Crippen LogP contribution in [0.1, 0.15) is 51.9 Å². The van der Waals surface area contributed by atoms with Gasteiger partial charge in [-0.2, -0.15) is 0 Å². The van der Waals surface area contributed by atoms with Gasteiger partial charge in [0.2, 0.25) is 15.9 Å². The molecule has 0 aromatic carbocycles. The standard InChI is InChI=1S/C14H26N2O4S/c1-2-6-12(21(15,18)19)13(17)16-9-10-20-14(11-16)7-4-3-5-8-14/h12H,2-11H2,1H3,(H2,15,18,19)/t12-/m0/s1. The molecule has 0 unspecified atom stereocenters. The molecule has 1 atom stereocenters. The van der Waals surface area contributed by atoms with Gasteiger partial charge in [0.05, 0.1) is 12.2 Å². The minimum Gasteiger partial charge on any atom is -0.371 e. The number of morpholine rings is 1. The predicted molar refractivity (Wildman–Crippen MR) is 80.2 cm³/mol. The first-order chi connectivity index (χ1) is 9.88. The maximum Gasteiger partial charge on any atom is 0.242 e. The van der Waals surface area contributed by atoms with Crippen molar-refractivity contribution >= 4 is 15.9 Å². The van der Waals surface area contributed by atoms with E-state index >= 15 is 0 Å².